The zero-order valence-electron chi connectivity index (χ0n) is 12.5. The first-order chi connectivity index (χ1) is 9.60. The molecular weight excluding hydrogens is 401 g/mol. The molecule has 21 heavy (non-hydrogen) atoms. The number of guanidine groups is 1. The highest BCUT2D eigenvalue weighted by Gasteiger charge is 2.17. The van der Waals surface area contributed by atoms with Gasteiger partial charge in [0, 0.05) is 13.1 Å². The third-order valence-corrected chi connectivity index (χ3v) is 3.92. The first-order valence-electron chi connectivity index (χ1n) is 6.97. The first-order valence-corrected chi connectivity index (χ1v) is 7.35. The molecule has 1 aliphatic rings. The molecule has 4 nitrogen and oxygen atoms in total. The number of nitrogens with zero attached hydrogens (tertiary/aromatic N) is 2. The van der Waals surface area contributed by atoms with Crippen LogP contribution in [-0.4, -0.2) is 31.1 Å². The van der Waals surface area contributed by atoms with Crippen molar-refractivity contribution in [2.24, 2.45) is 16.6 Å². The lowest BCUT2D eigenvalue weighted by atomic mass is 10.0. The normalized spacial score (nSPS) is 19.1. The Labute approximate surface area is 148 Å². The van der Waals surface area contributed by atoms with E-state index in [0.717, 1.165) is 18.7 Å². The zero-order chi connectivity index (χ0) is 14.5. The Bertz CT molecular complexity index is 496. The van der Waals surface area contributed by atoms with Gasteiger partial charge in [-0.3, -0.25) is 0 Å². The van der Waals surface area contributed by atoms with E-state index in [0.29, 0.717) is 29.2 Å². The topological polar surface area (TPSA) is 50.9 Å². The molecule has 0 aliphatic carbocycles. The third-order valence-electron chi connectivity index (χ3n) is 3.62. The molecule has 1 unspecified atom stereocenters. The summed E-state index contributed by atoms with van der Waals surface area (Å²) in [6.07, 6.45) is 2.46. The number of ether oxygens (including phenoxy) is 1. The average molecular weight is 424 g/mol. The van der Waals surface area contributed by atoms with Crippen molar-refractivity contribution in [3.05, 3.63) is 28.8 Å². The molecule has 0 bridgehead atoms. The molecule has 0 spiro atoms. The van der Waals surface area contributed by atoms with Crippen LogP contribution in [0.1, 0.15) is 25.3 Å². The number of benzene rings is 1. The third kappa shape index (κ3) is 5.21. The summed E-state index contributed by atoms with van der Waals surface area (Å²) in [5.41, 5.74) is 7.10. The minimum Gasteiger partial charge on any atom is -0.495 e. The average Bonchev–Trinajstić information content (AvgIpc) is 2.45. The monoisotopic (exact) mass is 423 g/mol. The second kappa shape index (κ2) is 8.68. The minimum atomic E-state index is 0. The van der Waals surface area contributed by atoms with Crippen molar-refractivity contribution in [2.75, 3.05) is 20.2 Å². The van der Waals surface area contributed by atoms with Crippen LogP contribution >= 0.6 is 35.6 Å². The molecule has 6 heteroatoms. The van der Waals surface area contributed by atoms with Gasteiger partial charge in [0.1, 0.15) is 5.75 Å². The van der Waals surface area contributed by atoms with Crippen LogP contribution in [0.2, 0.25) is 5.02 Å². The maximum Gasteiger partial charge on any atom is 0.191 e. The summed E-state index contributed by atoms with van der Waals surface area (Å²) >= 11 is 6.10. The Kier molecular flexibility index (Phi) is 7.59. The quantitative estimate of drug-likeness (QED) is 0.460. The van der Waals surface area contributed by atoms with Crippen molar-refractivity contribution in [1.29, 1.82) is 0 Å². The van der Waals surface area contributed by atoms with Crippen molar-refractivity contribution in [2.45, 2.75) is 26.3 Å². The molecule has 0 radical (unpaired) electrons. The summed E-state index contributed by atoms with van der Waals surface area (Å²) in [4.78, 5) is 6.64. The molecule has 1 atom stereocenters. The maximum absolute atomic E-state index is 6.10. The molecule has 1 fully saturated rings. The van der Waals surface area contributed by atoms with E-state index in [9.17, 15) is 0 Å². The molecule has 118 valence electrons. The number of rotatable bonds is 3. The van der Waals surface area contributed by atoms with Crippen LogP contribution in [0.25, 0.3) is 0 Å². The summed E-state index contributed by atoms with van der Waals surface area (Å²) in [5.74, 6) is 1.99. The van der Waals surface area contributed by atoms with E-state index in [4.69, 9.17) is 22.1 Å². The fourth-order valence-corrected chi connectivity index (χ4v) is 2.76. The van der Waals surface area contributed by atoms with Crippen LogP contribution in [0.15, 0.2) is 23.2 Å². The van der Waals surface area contributed by atoms with E-state index >= 15 is 0 Å². The zero-order valence-corrected chi connectivity index (χ0v) is 15.6. The summed E-state index contributed by atoms with van der Waals surface area (Å²) in [6.45, 7) is 4.80. The van der Waals surface area contributed by atoms with Gasteiger partial charge in [-0.25, -0.2) is 4.99 Å². The Balaban J connectivity index is 0.00000220. The molecule has 1 aromatic carbocycles. The number of methoxy groups -OCH3 is 1. The van der Waals surface area contributed by atoms with E-state index in [1.54, 1.807) is 7.11 Å². The standard InChI is InChI=1S/C15H22ClN3O.HI/c1-11-4-3-7-19(10-11)15(17)18-9-12-5-6-14(20-2)13(16)8-12;/h5-6,8,11H,3-4,7,9-10H2,1-2H3,(H2,17,18);1H. The molecule has 1 aliphatic heterocycles. The number of hydrogen-bond donors (Lipinski definition) is 1. The van der Waals surface area contributed by atoms with Crippen LogP contribution < -0.4 is 10.5 Å². The van der Waals surface area contributed by atoms with Gasteiger partial charge < -0.3 is 15.4 Å². The molecule has 0 amide bonds. The Hall–Kier alpha value is -0.690. The highest BCUT2D eigenvalue weighted by Crippen LogP contribution is 2.25. The number of hydrogen-bond acceptors (Lipinski definition) is 2. The van der Waals surface area contributed by atoms with Crippen molar-refractivity contribution >= 4 is 41.5 Å². The lowest BCUT2D eigenvalue weighted by Gasteiger charge is -2.31. The molecule has 1 aromatic rings. The number of piperidine rings is 1. The van der Waals surface area contributed by atoms with E-state index in [-0.39, 0.29) is 24.0 Å². The van der Waals surface area contributed by atoms with Gasteiger partial charge in [0.15, 0.2) is 5.96 Å². The second-order valence-electron chi connectivity index (χ2n) is 5.34. The molecule has 0 aromatic heterocycles. The van der Waals surface area contributed by atoms with Crippen LogP contribution in [0.3, 0.4) is 0 Å². The maximum atomic E-state index is 6.10. The number of nitrogens with two attached hydrogens (primary N) is 1. The van der Waals surface area contributed by atoms with Crippen LogP contribution in [0, 0.1) is 5.92 Å². The van der Waals surface area contributed by atoms with E-state index < -0.39 is 0 Å². The fourth-order valence-electron chi connectivity index (χ4n) is 2.48. The number of likely N-dealkylation sites (tertiary alicyclic amines) is 1. The Morgan fingerprint density at radius 1 is 1.52 bits per heavy atom. The Morgan fingerprint density at radius 3 is 2.90 bits per heavy atom. The predicted octanol–water partition coefficient (Wildman–Crippen LogP) is 3.51. The van der Waals surface area contributed by atoms with Crippen molar-refractivity contribution in [3.8, 4) is 5.75 Å². The lowest BCUT2D eigenvalue weighted by Crippen LogP contribution is -2.43. The van der Waals surface area contributed by atoms with Gasteiger partial charge >= 0.3 is 0 Å². The van der Waals surface area contributed by atoms with E-state index in [1.807, 2.05) is 18.2 Å². The molecule has 2 rings (SSSR count). The Morgan fingerprint density at radius 2 is 2.29 bits per heavy atom. The highest BCUT2D eigenvalue weighted by atomic mass is 127. The fraction of sp³-hybridized carbons (Fsp3) is 0.533. The summed E-state index contributed by atoms with van der Waals surface area (Å²) < 4.78 is 5.13. The van der Waals surface area contributed by atoms with Crippen molar-refractivity contribution in [1.82, 2.24) is 4.90 Å². The SMILES string of the molecule is COc1ccc(CN=C(N)N2CCCC(C)C2)cc1Cl.I. The summed E-state index contributed by atoms with van der Waals surface area (Å²) in [7, 11) is 1.61. The molecule has 1 heterocycles. The highest BCUT2D eigenvalue weighted by molar-refractivity contribution is 14.0. The van der Waals surface area contributed by atoms with E-state index in [2.05, 4.69) is 16.8 Å². The van der Waals surface area contributed by atoms with E-state index in [1.165, 1.54) is 12.8 Å². The van der Waals surface area contributed by atoms with Gasteiger partial charge in [0.05, 0.1) is 18.7 Å². The molecular formula is C15H23ClIN3O. The van der Waals surface area contributed by atoms with Crippen LogP contribution in [0.5, 0.6) is 5.75 Å². The van der Waals surface area contributed by atoms with Crippen LogP contribution in [-0.2, 0) is 6.54 Å². The molecule has 1 saturated heterocycles. The predicted molar refractivity (Wildman–Crippen MR) is 98.7 cm³/mol. The van der Waals surface area contributed by atoms with Gasteiger partial charge in [-0.15, -0.1) is 24.0 Å². The largest absolute Gasteiger partial charge is 0.495 e. The van der Waals surface area contributed by atoms with Gasteiger partial charge in [0.2, 0.25) is 0 Å². The van der Waals surface area contributed by atoms with Crippen molar-refractivity contribution < 1.29 is 4.74 Å². The smallest absolute Gasteiger partial charge is 0.191 e. The van der Waals surface area contributed by atoms with Gasteiger partial charge in [-0.1, -0.05) is 24.6 Å². The lowest BCUT2D eigenvalue weighted by molar-refractivity contribution is 0.270. The van der Waals surface area contributed by atoms with Gasteiger partial charge in [0.25, 0.3) is 0 Å². The van der Waals surface area contributed by atoms with Crippen molar-refractivity contribution in [3.63, 3.8) is 0 Å². The minimum absolute atomic E-state index is 0. The van der Waals surface area contributed by atoms with Gasteiger partial charge in [-0.2, -0.15) is 0 Å². The molecule has 0 saturated carbocycles. The second-order valence-corrected chi connectivity index (χ2v) is 5.74. The number of aliphatic imine (C=N–C) groups is 1. The first kappa shape index (κ1) is 18.4. The van der Waals surface area contributed by atoms with Gasteiger partial charge in [-0.05, 0) is 36.5 Å². The molecule has 2 N–H and O–H groups in total. The number of halogens is 2. The van der Waals surface area contributed by atoms with Crippen LogP contribution in [0.4, 0.5) is 0 Å². The summed E-state index contributed by atoms with van der Waals surface area (Å²) in [6, 6.07) is 5.68. The summed E-state index contributed by atoms with van der Waals surface area (Å²) in [5, 5.41) is 0.602.